The Hall–Kier alpha value is -0.910. The molecule has 0 aliphatic heterocycles. The van der Waals surface area contributed by atoms with Crippen molar-refractivity contribution in [3.05, 3.63) is 22.4 Å². The van der Waals surface area contributed by atoms with Crippen molar-refractivity contribution in [1.29, 1.82) is 0 Å². The predicted octanol–water partition coefficient (Wildman–Crippen LogP) is 1.68. The molecule has 0 saturated heterocycles. The first-order valence-corrected chi connectivity index (χ1v) is 6.61. The number of rotatable bonds is 7. The van der Waals surface area contributed by atoms with Gasteiger partial charge in [0.25, 0.3) is 0 Å². The lowest BCUT2D eigenvalue weighted by atomic mass is 10.1. The summed E-state index contributed by atoms with van der Waals surface area (Å²) in [5.74, 6) is -0.0954. The molecule has 1 aromatic heterocycles. The van der Waals surface area contributed by atoms with Crippen molar-refractivity contribution >= 4 is 17.2 Å². The zero-order valence-electron chi connectivity index (χ0n) is 10.3. The molecule has 1 heterocycles. The summed E-state index contributed by atoms with van der Waals surface area (Å²) in [5.41, 5.74) is 5.80. The van der Waals surface area contributed by atoms with Gasteiger partial charge in [0.05, 0.1) is 12.1 Å². The molecule has 2 atom stereocenters. The number of carbonyl (C=O) groups excluding carboxylic acids is 1. The van der Waals surface area contributed by atoms with Gasteiger partial charge in [-0.25, -0.2) is 0 Å². The van der Waals surface area contributed by atoms with Crippen molar-refractivity contribution in [3.63, 3.8) is 0 Å². The number of nitrogens with one attached hydrogen (secondary N) is 1. The maximum atomic E-state index is 11.8. The van der Waals surface area contributed by atoms with Crippen LogP contribution in [0.3, 0.4) is 0 Å². The molecule has 17 heavy (non-hydrogen) atoms. The summed E-state index contributed by atoms with van der Waals surface area (Å²) in [7, 11) is 1.64. The van der Waals surface area contributed by atoms with Crippen LogP contribution in [0.5, 0.6) is 0 Å². The fraction of sp³-hybridized carbons (Fsp3) is 0.583. The molecule has 0 aliphatic carbocycles. The van der Waals surface area contributed by atoms with Gasteiger partial charge < -0.3 is 15.8 Å². The average molecular weight is 256 g/mol. The second kappa shape index (κ2) is 7.42. The van der Waals surface area contributed by atoms with Gasteiger partial charge in [-0.15, -0.1) is 11.3 Å². The predicted molar refractivity (Wildman–Crippen MR) is 70.0 cm³/mol. The summed E-state index contributed by atoms with van der Waals surface area (Å²) < 4.78 is 4.93. The van der Waals surface area contributed by atoms with E-state index in [1.165, 1.54) is 0 Å². The Kier molecular flexibility index (Phi) is 6.18. The molecule has 0 bridgehead atoms. The SMILES string of the molecule is COCCCC(N)C(=O)N[C@H](C)c1cccs1. The first kappa shape index (κ1) is 14.2. The van der Waals surface area contributed by atoms with Crippen molar-refractivity contribution in [2.75, 3.05) is 13.7 Å². The first-order valence-electron chi connectivity index (χ1n) is 5.73. The first-order chi connectivity index (χ1) is 8.15. The minimum absolute atomic E-state index is 0.0241. The van der Waals surface area contributed by atoms with E-state index in [9.17, 15) is 4.79 Å². The summed E-state index contributed by atoms with van der Waals surface area (Å²) in [6, 6.07) is 3.55. The third-order valence-electron chi connectivity index (χ3n) is 2.53. The van der Waals surface area contributed by atoms with E-state index in [0.717, 1.165) is 11.3 Å². The van der Waals surface area contributed by atoms with Gasteiger partial charge in [0.1, 0.15) is 0 Å². The van der Waals surface area contributed by atoms with Crippen molar-refractivity contribution in [1.82, 2.24) is 5.32 Å². The third-order valence-corrected chi connectivity index (χ3v) is 3.58. The second-order valence-corrected chi connectivity index (χ2v) is 4.97. The van der Waals surface area contributed by atoms with E-state index in [1.54, 1.807) is 18.4 Å². The monoisotopic (exact) mass is 256 g/mol. The normalized spacial score (nSPS) is 14.3. The van der Waals surface area contributed by atoms with Crippen LogP contribution in [0, 0.1) is 0 Å². The van der Waals surface area contributed by atoms with Crippen LogP contribution in [0.4, 0.5) is 0 Å². The molecule has 96 valence electrons. The molecule has 1 aromatic rings. The zero-order chi connectivity index (χ0) is 12.7. The largest absolute Gasteiger partial charge is 0.385 e. The number of thiophene rings is 1. The fourth-order valence-corrected chi connectivity index (χ4v) is 2.24. The van der Waals surface area contributed by atoms with E-state index in [-0.39, 0.29) is 11.9 Å². The molecule has 0 saturated carbocycles. The molecule has 1 amide bonds. The van der Waals surface area contributed by atoms with Gasteiger partial charge in [0.15, 0.2) is 0 Å². The number of nitrogens with two attached hydrogens (primary N) is 1. The van der Waals surface area contributed by atoms with Crippen molar-refractivity contribution < 1.29 is 9.53 Å². The van der Waals surface area contributed by atoms with E-state index in [2.05, 4.69) is 5.32 Å². The van der Waals surface area contributed by atoms with E-state index in [4.69, 9.17) is 10.5 Å². The highest BCUT2D eigenvalue weighted by molar-refractivity contribution is 7.10. The Morgan fingerprint density at radius 3 is 3.00 bits per heavy atom. The van der Waals surface area contributed by atoms with Crippen LogP contribution in [-0.4, -0.2) is 25.7 Å². The lowest BCUT2D eigenvalue weighted by Crippen LogP contribution is -2.41. The van der Waals surface area contributed by atoms with Crippen LogP contribution in [0.1, 0.15) is 30.7 Å². The average Bonchev–Trinajstić information content (AvgIpc) is 2.82. The number of hydrogen-bond donors (Lipinski definition) is 2. The van der Waals surface area contributed by atoms with Crippen LogP contribution in [-0.2, 0) is 9.53 Å². The minimum Gasteiger partial charge on any atom is -0.385 e. The van der Waals surface area contributed by atoms with Gasteiger partial charge in [-0.3, -0.25) is 4.79 Å². The smallest absolute Gasteiger partial charge is 0.237 e. The minimum atomic E-state index is -0.451. The highest BCUT2D eigenvalue weighted by Gasteiger charge is 2.16. The maximum absolute atomic E-state index is 11.8. The van der Waals surface area contributed by atoms with E-state index >= 15 is 0 Å². The highest BCUT2D eigenvalue weighted by Crippen LogP contribution is 2.18. The van der Waals surface area contributed by atoms with Gasteiger partial charge in [0, 0.05) is 18.6 Å². The lowest BCUT2D eigenvalue weighted by Gasteiger charge is -2.16. The van der Waals surface area contributed by atoms with Gasteiger partial charge in [-0.2, -0.15) is 0 Å². The number of amides is 1. The lowest BCUT2D eigenvalue weighted by molar-refractivity contribution is -0.123. The summed E-state index contributed by atoms with van der Waals surface area (Å²) in [6.45, 7) is 2.60. The van der Waals surface area contributed by atoms with Gasteiger partial charge >= 0.3 is 0 Å². The van der Waals surface area contributed by atoms with Crippen molar-refractivity contribution in [2.45, 2.75) is 31.8 Å². The zero-order valence-corrected chi connectivity index (χ0v) is 11.1. The van der Waals surface area contributed by atoms with Crippen LogP contribution < -0.4 is 11.1 Å². The number of ether oxygens (including phenoxy) is 1. The molecule has 0 fully saturated rings. The molecular formula is C12H20N2O2S. The quantitative estimate of drug-likeness (QED) is 0.730. The van der Waals surface area contributed by atoms with Crippen LogP contribution >= 0.6 is 11.3 Å². The number of methoxy groups -OCH3 is 1. The fourth-order valence-electron chi connectivity index (χ4n) is 1.51. The molecule has 4 nitrogen and oxygen atoms in total. The topological polar surface area (TPSA) is 64.3 Å². The van der Waals surface area contributed by atoms with E-state index in [1.807, 2.05) is 24.4 Å². The molecule has 0 radical (unpaired) electrons. The maximum Gasteiger partial charge on any atom is 0.237 e. The van der Waals surface area contributed by atoms with Crippen molar-refractivity contribution in [2.24, 2.45) is 5.73 Å². The van der Waals surface area contributed by atoms with Gasteiger partial charge in [-0.05, 0) is 31.2 Å². The van der Waals surface area contributed by atoms with Crippen LogP contribution in [0.2, 0.25) is 0 Å². The Balaban J connectivity index is 2.33. The molecular weight excluding hydrogens is 236 g/mol. The Morgan fingerprint density at radius 1 is 1.65 bits per heavy atom. The van der Waals surface area contributed by atoms with Gasteiger partial charge in [-0.1, -0.05) is 6.07 Å². The Bertz CT molecular complexity index is 327. The molecule has 0 aliphatic rings. The molecule has 1 unspecified atom stereocenters. The summed E-state index contributed by atoms with van der Waals surface area (Å²) in [5, 5.41) is 4.91. The molecule has 5 heteroatoms. The number of hydrogen-bond acceptors (Lipinski definition) is 4. The molecule has 0 spiro atoms. The molecule has 1 rings (SSSR count). The van der Waals surface area contributed by atoms with Crippen LogP contribution in [0.15, 0.2) is 17.5 Å². The van der Waals surface area contributed by atoms with Crippen LogP contribution in [0.25, 0.3) is 0 Å². The number of carbonyl (C=O) groups is 1. The van der Waals surface area contributed by atoms with E-state index in [0.29, 0.717) is 13.0 Å². The Labute approximate surface area is 106 Å². The summed E-state index contributed by atoms with van der Waals surface area (Å²) >= 11 is 1.63. The second-order valence-electron chi connectivity index (χ2n) is 3.99. The Morgan fingerprint density at radius 2 is 2.41 bits per heavy atom. The summed E-state index contributed by atoms with van der Waals surface area (Å²) in [6.07, 6.45) is 1.45. The molecule has 3 N–H and O–H groups in total. The standard InChI is InChI=1S/C12H20N2O2S/c1-9(11-6-4-8-17-11)14-12(15)10(13)5-3-7-16-2/h4,6,8-10H,3,5,7,13H2,1-2H3,(H,14,15)/t9-,10?/m1/s1. The van der Waals surface area contributed by atoms with Crippen molar-refractivity contribution in [3.8, 4) is 0 Å². The van der Waals surface area contributed by atoms with E-state index < -0.39 is 6.04 Å². The summed E-state index contributed by atoms with van der Waals surface area (Å²) in [4.78, 5) is 12.9. The van der Waals surface area contributed by atoms with Gasteiger partial charge in [0.2, 0.25) is 5.91 Å². The highest BCUT2D eigenvalue weighted by atomic mass is 32.1. The third kappa shape index (κ3) is 4.85. The molecule has 0 aromatic carbocycles.